The monoisotopic (exact) mass is 420 g/mol. The molecule has 6 heteroatoms. The molecule has 0 aliphatic carbocycles. The third-order valence-corrected chi connectivity index (χ3v) is 5.18. The summed E-state index contributed by atoms with van der Waals surface area (Å²) in [5.74, 6) is 0.783. The second kappa shape index (κ2) is 10.3. The number of rotatable bonds is 8. The van der Waals surface area contributed by atoms with E-state index in [1.165, 1.54) is 11.8 Å². The topological polar surface area (TPSA) is 58.2 Å². The highest BCUT2D eigenvalue weighted by molar-refractivity contribution is 9.10. The Morgan fingerprint density at radius 2 is 1.80 bits per heavy atom. The van der Waals surface area contributed by atoms with E-state index in [4.69, 9.17) is 0 Å². The van der Waals surface area contributed by atoms with Gasteiger partial charge in [0.1, 0.15) is 0 Å². The van der Waals surface area contributed by atoms with Crippen LogP contribution in [0.25, 0.3) is 0 Å². The average molecular weight is 421 g/mol. The number of carbonyl (C=O) groups excluding carboxylic acids is 2. The fourth-order valence-electron chi connectivity index (χ4n) is 2.18. The first kappa shape index (κ1) is 19.5. The van der Waals surface area contributed by atoms with E-state index in [1.807, 2.05) is 31.2 Å². The van der Waals surface area contributed by atoms with Crippen molar-refractivity contribution in [3.8, 4) is 0 Å². The molecule has 0 aliphatic heterocycles. The van der Waals surface area contributed by atoms with Gasteiger partial charge in [-0.05, 0) is 30.2 Å². The van der Waals surface area contributed by atoms with E-state index >= 15 is 0 Å². The standard InChI is InChI=1S/C19H21BrN2O2S/c1-2-11-21-19(24)15-8-4-6-10-17(15)22-18(23)13-25-12-14-7-3-5-9-16(14)20/h3-10H,2,11-13H2,1H3,(H,21,24)(H,22,23). The van der Waals surface area contributed by atoms with Crippen molar-refractivity contribution in [1.82, 2.24) is 5.32 Å². The predicted octanol–water partition coefficient (Wildman–Crippen LogP) is 4.46. The first-order valence-corrected chi connectivity index (χ1v) is 10.0. The highest BCUT2D eigenvalue weighted by atomic mass is 79.9. The summed E-state index contributed by atoms with van der Waals surface area (Å²) in [6, 6.07) is 15.0. The lowest BCUT2D eigenvalue weighted by atomic mass is 10.1. The molecule has 0 bridgehead atoms. The normalized spacial score (nSPS) is 10.3. The van der Waals surface area contributed by atoms with Crippen LogP contribution in [0, 0.1) is 0 Å². The number of amides is 2. The molecule has 0 unspecified atom stereocenters. The lowest BCUT2D eigenvalue weighted by molar-refractivity contribution is -0.113. The summed E-state index contributed by atoms with van der Waals surface area (Å²) in [5.41, 5.74) is 2.18. The van der Waals surface area contributed by atoms with Crippen molar-refractivity contribution in [3.05, 3.63) is 64.1 Å². The number of benzene rings is 2. The lowest BCUT2D eigenvalue weighted by Crippen LogP contribution is -2.26. The van der Waals surface area contributed by atoms with Gasteiger partial charge in [-0.1, -0.05) is 53.2 Å². The van der Waals surface area contributed by atoms with Gasteiger partial charge in [0.15, 0.2) is 0 Å². The smallest absolute Gasteiger partial charge is 0.253 e. The zero-order valence-corrected chi connectivity index (χ0v) is 16.5. The van der Waals surface area contributed by atoms with E-state index in [2.05, 4.69) is 26.6 Å². The van der Waals surface area contributed by atoms with Gasteiger partial charge < -0.3 is 10.6 Å². The minimum Gasteiger partial charge on any atom is -0.352 e. The Labute approximate surface area is 160 Å². The summed E-state index contributed by atoms with van der Waals surface area (Å²) in [6.45, 7) is 2.61. The maximum atomic E-state index is 12.2. The molecule has 0 atom stereocenters. The van der Waals surface area contributed by atoms with Crippen molar-refractivity contribution >= 4 is 45.2 Å². The maximum absolute atomic E-state index is 12.2. The van der Waals surface area contributed by atoms with Crippen molar-refractivity contribution < 1.29 is 9.59 Å². The van der Waals surface area contributed by atoms with Crippen molar-refractivity contribution in [2.75, 3.05) is 17.6 Å². The Bertz CT molecular complexity index is 737. The molecular formula is C19H21BrN2O2S. The summed E-state index contributed by atoms with van der Waals surface area (Å²) in [4.78, 5) is 24.4. The second-order valence-corrected chi connectivity index (χ2v) is 7.27. The van der Waals surface area contributed by atoms with Crippen LogP contribution in [0.5, 0.6) is 0 Å². The Kier molecular flexibility index (Phi) is 8.01. The molecule has 132 valence electrons. The highest BCUT2D eigenvalue weighted by Crippen LogP contribution is 2.22. The predicted molar refractivity (Wildman–Crippen MR) is 108 cm³/mol. The van der Waals surface area contributed by atoms with Gasteiger partial charge in [0.05, 0.1) is 17.0 Å². The molecule has 2 rings (SSSR count). The third kappa shape index (κ3) is 6.21. The molecule has 0 fully saturated rings. The van der Waals surface area contributed by atoms with Gasteiger partial charge in [-0.15, -0.1) is 11.8 Å². The van der Waals surface area contributed by atoms with E-state index in [1.54, 1.807) is 24.3 Å². The van der Waals surface area contributed by atoms with Gasteiger partial charge >= 0.3 is 0 Å². The van der Waals surface area contributed by atoms with E-state index in [0.717, 1.165) is 22.2 Å². The zero-order chi connectivity index (χ0) is 18.1. The van der Waals surface area contributed by atoms with Gasteiger partial charge in [-0.2, -0.15) is 0 Å². The van der Waals surface area contributed by atoms with E-state index < -0.39 is 0 Å². The molecule has 0 saturated carbocycles. The third-order valence-electron chi connectivity index (χ3n) is 3.43. The number of nitrogens with one attached hydrogen (secondary N) is 2. The zero-order valence-electron chi connectivity index (χ0n) is 14.0. The van der Waals surface area contributed by atoms with Gasteiger partial charge in [0, 0.05) is 16.8 Å². The van der Waals surface area contributed by atoms with Crippen LogP contribution in [0.15, 0.2) is 53.0 Å². The van der Waals surface area contributed by atoms with Crippen LogP contribution < -0.4 is 10.6 Å². The summed E-state index contributed by atoms with van der Waals surface area (Å²) in [6.07, 6.45) is 0.867. The Balaban J connectivity index is 1.90. The maximum Gasteiger partial charge on any atom is 0.253 e. The summed E-state index contributed by atoms with van der Waals surface area (Å²) in [5, 5.41) is 5.67. The van der Waals surface area contributed by atoms with Crippen LogP contribution in [0.3, 0.4) is 0 Å². The summed E-state index contributed by atoms with van der Waals surface area (Å²) < 4.78 is 1.04. The highest BCUT2D eigenvalue weighted by Gasteiger charge is 2.12. The molecule has 25 heavy (non-hydrogen) atoms. The Hall–Kier alpha value is -1.79. The lowest BCUT2D eigenvalue weighted by Gasteiger charge is -2.11. The first-order chi connectivity index (χ1) is 12.1. The molecule has 0 aromatic heterocycles. The molecular weight excluding hydrogens is 400 g/mol. The van der Waals surface area contributed by atoms with Crippen molar-refractivity contribution in [2.45, 2.75) is 19.1 Å². The fourth-order valence-corrected chi connectivity index (χ4v) is 3.62. The number of para-hydroxylation sites is 1. The molecule has 0 aliphatic rings. The first-order valence-electron chi connectivity index (χ1n) is 8.10. The number of carbonyl (C=O) groups is 2. The number of anilines is 1. The molecule has 0 spiro atoms. The van der Waals surface area contributed by atoms with Crippen molar-refractivity contribution in [2.24, 2.45) is 0 Å². The van der Waals surface area contributed by atoms with Gasteiger partial charge in [-0.25, -0.2) is 0 Å². The quantitative estimate of drug-likeness (QED) is 0.662. The average Bonchev–Trinajstić information content (AvgIpc) is 2.62. The van der Waals surface area contributed by atoms with Crippen LogP contribution >= 0.6 is 27.7 Å². The number of thioether (sulfide) groups is 1. The largest absolute Gasteiger partial charge is 0.352 e. The van der Waals surface area contributed by atoms with Crippen LogP contribution in [0.4, 0.5) is 5.69 Å². The molecule has 0 radical (unpaired) electrons. The minimum absolute atomic E-state index is 0.118. The SMILES string of the molecule is CCCNC(=O)c1ccccc1NC(=O)CSCc1ccccc1Br. The molecule has 0 heterocycles. The van der Waals surface area contributed by atoms with Crippen molar-refractivity contribution in [3.63, 3.8) is 0 Å². The Morgan fingerprint density at radius 3 is 2.56 bits per heavy atom. The Morgan fingerprint density at radius 1 is 1.08 bits per heavy atom. The van der Waals surface area contributed by atoms with Crippen LogP contribution in [0.2, 0.25) is 0 Å². The molecule has 2 aromatic rings. The van der Waals surface area contributed by atoms with Gasteiger partial charge in [0.2, 0.25) is 5.91 Å². The molecule has 2 amide bonds. The summed E-state index contributed by atoms with van der Waals surface area (Å²) >= 11 is 5.04. The van der Waals surface area contributed by atoms with E-state index in [0.29, 0.717) is 23.5 Å². The summed E-state index contributed by atoms with van der Waals surface area (Å²) in [7, 11) is 0. The second-order valence-electron chi connectivity index (χ2n) is 5.43. The minimum atomic E-state index is -0.168. The van der Waals surface area contributed by atoms with Gasteiger partial charge in [-0.3, -0.25) is 9.59 Å². The van der Waals surface area contributed by atoms with Crippen LogP contribution in [-0.4, -0.2) is 24.1 Å². The van der Waals surface area contributed by atoms with E-state index in [9.17, 15) is 9.59 Å². The number of halogens is 1. The number of hydrogen-bond donors (Lipinski definition) is 2. The van der Waals surface area contributed by atoms with Gasteiger partial charge in [0.25, 0.3) is 5.91 Å². The fraction of sp³-hybridized carbons (Fsp3) is 0.263. The van der Waals surface area contributed by atoms with Crippen molar-refractivity contribution in [1.29, 1.82) is 0 Å². The van der Waals surface area contributed by atoms with Crippen LogP contribution in [0.1, 0.15) is 29.3 Å². The molecule has 2 aromatic carbocycles. The number of hydrogen-bond acceptors (Lipinski definition) is 3. The molecule has 2 N–H and O–H groups in total. The molecule has 0 saturated heterocycles. The molecule has 4 nitrogen and oxygen atoms in total. The van der Waals surface area contributed by atoms with Crippen LogP contribution in [-0.2, 0) is 10.5 Å². The van der Waals surface area contributed by atoms with E-state index in [-0.39, 0.29) is 11.8 Å².